The lowest BCUT2D eigenvalue weighted by Gasteiger charge is -2.39. The number of aryl methyl sites for hydroxylation is 1. The number of nitrogens with zero attached hydrogens (tertiary/aromatic N) is 4. The fourth-order valence-corrected chi connectivity index (χ4v) is 5.01. The molecule has 2 aromatic heterocycles. The van der Waals surface area contributed by atoms with Gasteiger partial charge in [-0.25, -0.2) is 13.8 Å². The summed E-state index contributed by atoms with van der Waals surface area (Å²) in [7, 11) is 1.60. The van der Waals surface area contributed by atoms with Gasteiger partial charge in [0, 0.05) is 50.1 Å². The molecule has 0 atom stereocenters. The highest BCUT2D eigenvalue weighted by atomic mass is 19.3. The average molecular weight is 591 g/mol. The van der Waals surface area contributed by atoms with Crippen LogP contribution in [0.1, 0.15) is 63.2 Å². The molecule has 2 fully saturated rings. The first-order valence-corrected chi connectivity index (χ1v) is 14.1. The SMILES string of the molecule is CCn1cc(CNCCOC)cc(C(=O)Nc2cc(-c3ccc(C#N)cc3C(=O)N3CC(F)(F)C3)cc(C3CC3)n2)c1=O. The highest BCUT2D eigenvalue weighted by Crippen LogP contribution is 2.41. The van der Waals surface area contributed by atoms with Gasteiger partial charge in [-0.3, -0.25) is 14.4 Å². The zero-order chi connectivity index (χ0) is 30.7. The van der Waals surface area contributed by atoms with Crippen LogP contribution in [-0.2, 0) is 17.8 Å². The lowest BCUT2D eigenvalue weighted by molar-refractivity contribution is -0.113. The minimum atomic E-state index is -2.94. The fourth-order valence-electron chi connectivity index (χ4n) is 5.01. The molecule has 1 aromatic carbocycles. The number of rotatable bonds is 11. The molecule has 0 unspecified atom stereocenters. The van der Waals surface area contributed by atoms with E-state index in [1.165, 1.54) is 10.6 Å². The summed E-state index contributed by atoms with van der Waals surface area (Å²) in [5.41, 5.74) is 2.26. The summed E-state index contributed by atoms with van der Waals surface area (Å²) in [6, 6.07) is 11.5. The topological polar surface area (TPSA) is 129 Å². The Hall–Kier alpha value is -4.47. The molecule has 3 aromatic rings. The smallest absolute Gasteiger partial charge is 0.282 e. The van der Waals surface area contributed by atoms with Crippen molar-refractivity contribution in [3.8, 4) is 17.2 Å². The summed E-state index contributed by atoms with van der Waals surface area (Å²) >= 11 is 0. The molecule has 2 amide bonds. The number of benzene rings is 1. The van der Waals surface area contributed by atoms with Crippen molar-refractivity contribution in [2.75, 3.05) is 38.7 Å². The maximum atomic E-state index is 13.6. The number of carbonyl (C=O) groups excluding carboxylic acids is 2. The van der Waals surface area contributed by atoms with Crippen LogP contribution in [-0.4, -0.2) is 65.5 Å². The molecule has 12 heteroatoms. The Kier molecular flexibility index (Phi) is 8.66. The molecule has 224 valence electrons. The van der Waals surface area contributed by atoms with Gasteiger partial charge in [-0.15, -0.1) is 0 Å². The summed E-state index contributed by atoms with van der Waals surface area (Å²) in [6.45, 7) is 2.36. The minimum Gasteiger partial charge on any atom is -0.383 e. The van der Waals surface area contributed by atoms with Gasteiger partial charge in [0.1, 0.15) is 11.4 Å². The Morgan fingerprint density at radius 2 is 1.93 bits per heavy atom. The van der Waals surface area contributed by atoms with E-state index in [9.17, 15) is 28.4 Å². The molecule has 10 nitrogen and oxygen atoms in total. The van der Waals surface area contributed by atoms with Crippen LogP contribution in [0.3, 0.4) is 0 Å². The summed E-state index contributed by atoms with van der Waals surface area (Å²) in [4.78, 5) is 45.5. The number of amides is 2. The third-order valence-electron chi connectivity index (χ3n) is 7.44. The van der Waals surface area contributed by atoms with Gasteiger partial charge in [0.2, 0.25) is 0 Å². The van der Waals surface area contributed by atoms with Gasteiger partial charge in [0.05, 0.1) is 31.3 Å². The highest BCUT2D eigenvalue weighted by Gasteiger charge is 2.46. The van der Waals surface area contributed by atoms with E-state index in [1.807, 2.05) is 19.1 Å². The lowest BCUT2D eigenvalue weighted by atomic mass is 9.95. The molecule has 5 rings (SSSR count). The van der Waals surface area contributed by atoms with Gasteiger partial charge in [0.15, 0.2) is 0 Å². The van der Waals surface area contributed by atoms with Crippen molar-refractivity contribution in [2.24, 2.45) is 0 Å². The van der Waals surface area contributed by atoms with Crippen molar-refractivity contribution >= 4 is 17.6 Å². The van der Waals surface area contributed by atoms with E-state index in [4.69, 9.17) is 4.74 Å². The molecule has 1 saturated heterocycles. The highest BCUT2D eigenvalue weighted by molar-refractivity contribution is 6.05. The number of alkyl halides is 2. The van der Waals surface area contributed by atoms with Crippen LogP contribution in [0.2, 0.25) is 0 Å². The van der Waals surface area contributed by atoms with Crippen molar-refractivity contribution in [1.82, 2.24) is 19.8 Å². The van der Waals surface area contributed by atoms with Gasteiger partial charge in [-0.1, -0.05) is 6.07 Å². The molecule has 3 heterocycles. The van der Waals surface area contributed by atoms with Gasteiger partial charge in [-0.05, 0) is 66.8 Å². The number of hydrogen-bond acceptors (Lipinski definition) is 7. The zero-order valence-electron chi connectivity index (χ0n) is 24.0. The van der Waals surface area contributed by atoms with Gasteiger partial charge < -0.3 is 24.8 Å². The van der Waals surface area contributed by atoms with E-state index in [-0.39, 0.29) is 28.4 Å². The third-order valence-corrected chi connectivity index (χ3v) is 7.44. The molecule has 0 spiro atoms. The van der Waals surface area contributed by atoms with E-state index in [1.54, 1.807) is 37.6 Å². The molecule has 1 aliphatic carbocycles. The summed E-state index contributed by atoms with van der Waals surface area (Å²) in [6.07, 6.45) is 3.52. The Morgan fingerprint density at radius 3 is 2.58 bits per heavy atom. The average Bonchev–Trinajstić information content (AvgIpc) is 3.83. The monoisotopic (exact) mass is 590 g/mol. The number of nitrogens with one attached hydrogen (secondary N) is 2. The van der Waals surface area contributed by atoms with E-state index in [0.29, 0.717) is 43.1 Å². The number of hydrogen-bond donors (Lipinski definition) is 2. The second kappa shape index (κ2) is 12.4. The first-order valence-electron chi connectivity index (χ1n) is 14.1. The van der Waals surface area contributed by atoms with Crippen LogP contribution in [0.4, 0.5) is 14.6 Å². The fraction of sp³-hybridized carbons (Fsp3) is 0.387. The number of methoxy groups -OCH3 is 1. The van der Waals surface area contributed by atoms with Gasteiger partial charge >= 0.3 is 0 Å². The molecule has 2 N–H and O–H groups in total. The first-order chi connectivity index (χ1) is 20.6. The first kappa shape index (κ1) is 30.0. The number of halogens is 2. The van der Waals surface area contributed by atoms with Crippen LogP contribution in [0.15, 0.2) is 47.4 Å². The number of carbonyl (C=O) groups is 2. The number of likely N-dealkylation sites (tertiary alicyclic amines) is 1. The van der Waals surface area contributed by atoms with E-state index in [0.717, 1.165) is 23.3 Å². The molecule has 1 aliphatic heterocycles. The van der Waals surface area contributed by atoms with Crippen LogP contribution in [0.5, 0.6) is 0 Å². The lowest BCUT2D eigenvalue weighted by Crippen LogP contribution is -2.58. The normalized spacial score (nSPS) is 15.5. The van der Waals surface area contributed by atoms with Crippen LogP contribution >= 0.6 is 0 Å². The standard InChI is InChI=1S/C31H32F2N6O4/c1-3-38-16-20(15-35-8-9-43-2)11-25(30(38)42)28(40)37-27-13-22(12-26(36-27)21-5-6-21)23-7-4-19(14-34)10-24(23)29(41)39-17-31(32,33)18-39/h4,7,10-13,16,21,35H,3,5-6,8-9,15,17-18H2,1-2H3,(H,36,37,40). The summed E-state index contributed by atoms with van der Waals surface area (Å²) < 4.78 is 33.6. The molecule has 0 radical (unpaired) electrons. The van der Waals surface area contributed by atoms with Crippen LogP contribution in [0.25, 0.3) is 11.1 Å². The van der Waals surface area contributed by atoms with E-state index >= 15 is 0 Å². The second-order valence-corrected chi connectivity index (χ2v) is 10.8. The zero-order valence-corrected chi connectivity index (χ0v) is 24.0. The predicted octanol–water partition coefficient (Wildman–Crippen LogP) is 3.76. The number of aromatic nitrogens is 2. The van der Waals surface area contributed by atoms with Gasteiger partial charge in [-0.2, -0.15) is 5.26 Å². The quantitative estimate of drug-likeness (QED) is 0.326. The van der Waals surface area contributed by atoms with Gasteiger partial charge in [0.25, 0.3) is 23.3 Å². The number of anilines is 1. The third kappa shape index (κ3) is 6.79. The number of ether oxygens (including phenoxy) is 1. The van der Waals surface area contributed by atoms with E-state index < -0.39 is 36.4 Å². The Bertz CT molecular complexity index is 1650. The molecular weight excluding hydrogens is 558 g/mol. The predicted molar refractivity (Wildman–Crippen MR) is 155 cm³/mol. The van der Waals surface area contributed by atoms with Crippen molar-refractivity contribution in [2.45, 2.75) is 44.7 Å². The largest absolute Gasteiger partial charge is 0.383 e. The molecule has 2 aliphatic rings. The van der Waals surface area contributed by atoms with Crippen molar-refractivity contribution in [3.63, 3.8) is 0 Å². The Labute approximate surface area is 247 Å². The summed E-state index contributed by atoms with van der Waals surface area (Å²) in [5.74, 6) is -3.82. The van der Waals surface area contributed by atoms with E-state index in [2.05, 4.69) is 15.6 Å². The maximum Gasteiger partial charge on any atom is 0.282 e. The molecule has 43 heavy (non-hydrogen) atoms. The number of nitriles is 1. The Morgan fingerprint density at radius 1 is 1.16 bits per heavy atom. The Balaban J connectivity index is 1.48. The van der Waals surface area contributed by atoms with Crippen LogP contribution in [0, 0.1) is 11.3 Å². The second-order valence-electron chi connectivity index (χ2n) is 10.8. The molecule has 1 saturated carbocycles. The minimum absolute atomic E-state index is 0.0407. The van der Waals surface area contributed by atoms with Crippen molar-refractivity contribution in [3.05, 3.63) is 80.9 Å². The number of pyridine rings is 2. The molecular formula is C31H32F2N6O4. The van der Waals surface area contributed by atoms with Crippen molar-refractivity contribution < 1.29 is 23.1 Å². The van der Waals surface area contributed by atoms with Crippen molar-refractivity contribution in [1.29, 1.82) is 5.26 Å². The molecule has 0 bridgehead atoms. The maximum absolute atomic E-state index is 13.6. The summed E-state index contributed by atoms with van der Waals surface area (Å²) in [5, 5.41) is 15.4. The van der Waals surface area contributed by atoms with Crippen LogP contribution < -0.4 is 16.2 Å².